The fourth-order valence-electron chi connectivity index (χ4n) is 3.27. The number of hydrogen-bond acceptors (Lipinski definition) is 6. The van der Waals surface area contributed by atoms with Crippen molar-refractivity contribution in [2.75, 3.05) is 24.2 Å². The first-order valence-electron chi connectivity index (χ1n) is 9.01. The molecule has 1 atom stereocenters. The normalized spacial score (nSPS) is 16.5. The first kappa shape index (κ1) is 17.8. The molecule has 0 amide bonds. The monoisotopic (exact) mass is 383 g/mol. The molecular weight excluding hydrogens is 362 g/mol. The summed E-state index contributed by atoms with van der Waals surface area (Å²) in [7, 11) is 1.83. The lowest BCUT2D eigenvalue weighted by molar-refractivity contribution is 0.647. The number of aryl methyl sites for hydroxylation is 1. The average molecular weight is 384 g/mol. The van der Waals surface area contributed by atoms with Crippen LogP contribution in [0.5, 0.6) is 0 Å². The quantitative estimate of drug-likeness (QED) is 0.621. The summed E-state index contributed by atoms with van der Waals surface area (Å²) in [6, 6.07) is 7.97. The van der Waals surface area contributed by atoms with E-state index in [1.807, 2.05) is 55.3 Å². The zero-order chi connectivity index (χ0) is 18.8. The van der Waals surface area contributed by atoms with Crippen molar-refractivity contribution in [1.29, 1.82) is 0 Å². The lowest BCUT2D eigenvalue weighted by Crippen LogP contribution is -2.12. The molecule has 7 nitrogen and oxygen atoms in total. The molecule has 4 rings (SSSR count). The van der Waals surface area contributed by atoms with Gasteiger partial charge in [0.15, 0.2) is 0 Å². The van der Waals surface area contributed by atoms with E-state index in [-0.39, 0.29) is 0 Å². The van der Waals surface area contributed by atoms with Gasteiger partial charge in [0.2, 0.25) is 5.95 Å². The number of aromatic nitrogens is 4. The summed E-state index contributed by atoms with van der Waals surface area (Å²) in [5.74, 6) is 1.30. The van der Waals surface area contributed by atoms with Crippen molar-refractivity contribution in [3.63, 3.8) is 0 Å². The molecule has 1 saturated heterocycles. The summed E-state index contributed by atoms with van der Waals surface area (Å²) in [4.78, 5) is 8.86. The van der Waals surface area contributed by atoms with Crippen LogP contribution in [0.4, 0.5) is 17.5 Å². The maximum atomic E-state index is 6.43. The number of hydrogen-bond donors (Lipinski definition) is 3. The summed E-state index contributed by atoms with van der Waals surface area (Å²) in [6.45, 7) is 2.99. The molecule has 1 fully saturated rings. The van der Waals surface area contributed by atoms with Crippen LogP contribution in [0.1, 0.15) is 30.1 Å². The van der Waals surface area contributed by atoms with Gasteiger partial charge < -0.3 is 16.0 Å². The highest BCUT2D eigenvalue weighted by Gasteiger charge is 2.18. The molecule has 1 aliphatic rings. The Labute approximate surface area is 163 Å². The molecule has 1 unspecified atom stereocenters. The van der Waals surface area contributed by atoms with Crippen molar-refractivity contribution < 1.29 is 0 Å². The minimum Gasteiger partial charge on any atom is -0.373 e. The van der Waals surface area contributed by atoms with E-state index in [1.54, 1.807) is 0 Å². The van der Waals surface area contributed by atoms with Gasteiger partial charge in [-0.05, 0) is 44.5 Å². The molecule has 0 spiro atoms. The Bertz CT molecular complexity index is 947. The van der Waals surface area contributed by atoms with Gasteiger partial charge in [-0.15, -0.1) is 0 Å². The molecule has 0 aliphatic carbocycles. The Morgan fingerprint density at radius 3 is 2.93 bits per heavy atom. The van der Waals surface area contributed by atoms with Crippen LogP contribution >= 0.6 is 11.6 Å². The third-order valence-electron chi connectivity index (χ3n) is 4.62. The van der Waals surface area contributed by atoms with Crippen molar-refractivity contribution in [3.05, 3.63) is 52.9 Å². The highest BCUT2D eigenvalue weighted by molar-refractivity contribution is 6.32. The van der Waals surface area contributed by atoms with Gasteiger partial charge in [-0.25, -0.2) is 9.67 Å². The minimum atomic E-state index is 0.375. The smallest absolute Gasteiger partial charge is 0.229 e. The minimum absolute atomic E-state index is 0.375. The second-order valence-electron chi connectivity index (χ2n) is 6.63. The zero-order valence-electron chi connectivity index (χ0n) is 15.3. The van der Waals surface area contributed by atoms with Crippen LogP contribution in [0.3, 0.4) is 0 Å². The molecule has 0 bridgehead atoms. The average Bonchev–Trinajstić information content (AvgIpc) is 3.34. The highest BCUT2D eigenvalue weighted by Crippen LogP contribution is 2.28. The van der Waals surface area contributed by atoms with E-state index in [0.717, 1.165) is 35.9 Å². The molecule has 140 valence electrons. The van der Waals surface area contributed by atoms with Gasteiger partial charge in [-0.3, -0.25) is 0 Å². The molecule has 27 heavy (non-hydrogen) atoms. The number of halogens is 1. The first-order valence-corrected chi connectivity index (χ1v) is 9.38. The van der Waals surface area contributed by atoms with E-state index in [1.165, 1.54) is 12.0 Å². The van der Waals surface area contributed by atoms with Crippen LogP contribution in [-0.4, -0.2) is 33.3 Å². The Kier molecular flexibility index (Phi) is 4.96. The van der Waals surface area contributed by atoms with Crippen molar-refractivity contribution in [3.8, 4) is 5.69 Å². The fourth-order valence-corrected chi connectivity index (χ4v) is 3.47. The van der Waals surface area contributed by atoms with Crippen molar-refractivity contribution in [2.45, 2.75) is 25.8 Å². The number of anilines is 3. The molecule has 1 aliphatic heterocycles. The van der Waals surface area contributed by atoms with Gasteiger partial charge in [0.05, 0.1) is 16.9 Å². The molecule has 8 heteroatoms. The summed E-state index contributed by atoms with van der Waals surface area (Å²) in [5.41, 5.74) is 3.72. The van der Waals surface area contributed by atoms with E-state index in [0.29, 0.717) is 17.0 Å². The predicted octanol–water partition coefficient (Wildman–Crippen LogP) is 3.83. The molecule has 3 heterocycles. The van der Waals surface area contributed by atoms with Crippen LogP contribution in [0.2, 0.25) is 5.02 Å². The lowest BCUT2D eigenvalue weighted by atomic mass is 10.1. The summed E-state index contributed by atoms with van der Waals surface area (Å²) in [5, 5.41) is 14.9. The van der Waals surface area contributed by atoms with Gasteiger partial charge >= 0.3 is 0 Å². The molecule has 0 saturated carbocycles. The molecule has 1 aromatic carbocycles. The summed E-state index contributed by atoms with van der Waals surface area (Å²) in [6.07, 6.45) is 6.28. The Hall–Kier alpha value is -2.64. The van der Waals surface area contributed by atoms with Crippen LogP contribution in [0, 0.1) is 6.92 Å². The Morgan fingerprint density at radius 1 is 1.26 bits per heavy atom. The largest absolute Gasteiger partial charge is 0.373 e. The van der Waals surface area contributed by atoms with Crippen LogP contribution < -0.4 is 16.0 Å². The predicted molar refractivity (Wildman–Crippen MR) is 108 cm³/mol. The van der Waals surface area contributed by atoms with E-state index in [9.17, 15) is 0 Å². The SMILES string of the molecule is CNc1cc(C)nc(Nc2ccc(Cl)c(-n3cc(C4CCCN4)cn3)c2)n1. The molecule has 2 aromatic heterocycles. The topological polar surface area (TPSA) is 79.7 Å². The Balaban J connectivity index is 1.61. The van der Waals surface area contributed by atoms with Gasteiger partial charge in [0.1, 0.15) is 5.82 Å². The standard InChI is InChI=1S/C19H22ClN7/c1-12-8-18(21-2)26-19(24-12)25-14-5-6-15(20)17(9-14)27-11-13(10-23-27)16-4-3-7-22-16/h5-6,8-11,16,22H,3-4,7H2,1-2H3,(H2,21,24,25,26). The number of benzene rings is 1. The van der Waals surface area contributed by atoms with Gasteiger partial charge in [0, 0.05) is 42.3 Å². The first-order chi connectivity index (χ1) is 13.1. The van der Waals surface area contributed by atoms with Crippen molar-refractivity contribution in [1.82, 2.24) is 25.1 Å². The maximum absolute atomic E-state index is 6.43. The fraction of sp³-hybridized carbons (Fsp3) is 0.316. The highest BCUT2D eigenvalue weighted by atomic mass is 35.5. The second kappa shape index (κ2) is 7.54. The molecule has 0 radical (unpaired) electrons. The van der Waals surface area contributed by atoms with E-state index < -0.39 is 0 Å². The zero-order valence-corrected chi connectivity index (χ0v) is 16.1. The summed E-state index contributed by atoms with van der Waals surface area (Å²) < 4.78 is 1.82. The van der Waals surface area contributed by atoms with Gasteiger partial charge in [-0.1, -0.05) is 11.6 Å². The van der Waals surface area contributed by atoms with Gasteiger partial charge in [0.25, 0.3) is 0 Å². The summed E-state index contributed by atoms with van der Waals surface area (Å²) >= 11 is 6.43. The molecule has 3 N–H and O–H groups in total. The van der Waals surface area contributed by atoms with E-state index in [2.05, 4.69) is 31.0 Å². The van der Waals surface area contributed by atoms with Gasteiger partial charge in [-0.2, -0.15) is 10.1 Å². The van der Waals surface area contributed by atoms with Crippen LogP contribution in [0.25, 0.3) is 5.69 Å². The number of rotatable bonds is 5. The number of nitrogens with zero attached hydrogens (tertiary/aromatic N) is 4. The van der Waals surface area contributed by atoms with Crippen molar-refractivity contribution >= 4 is 29.1 Å². The molecular formula is C19H22ClN7. The Morgan fingerprint density at radius 2 is 2.15 bits per heavy atom. The maximum Gasteiger partial charge on any atom is 0.229 e. The number of nitrogens with one attached hydrogen (secondary N) is 3. The third kappa shape index (κ3) is 3.89. The van der Waals surface area contributed by atoms with Crippen molar-refractivity contribution in [2.24, 2.45) is 0 Å². The lowest BCUT2D eigenvalue weighted by Gasteiger charge is -2.11. The van der Waals surface area contributed by atoms with E-state index in [4.69, 9.17) is 11.6 Å². The third-order valence-corrected chi connectivity index (χ3v) is 4.94. The van der Waals surface area contributed by atoms with Crippen LogP contribution in [0.15, 0.2) is 36.7 Å². The molecule has 3 aromatic rings. The second-order valence-corrected chi connectivity index (χ2v) is 7.03. The van der Waals surface area contributed by atoms with E-state index >= 15 is 0 Å². The van der Waals surface area contributed by atoms with Crippen LogP contribution in [-0.2, 0) is 0 Å².